The van der Waals surface area contributed by atoms with E-state index in [1.54, 1.807) is 12.1 Å². The van der Waals surface area contributed by atoms with Crippen LogP contribution in [0.15, 0.2) is 24.3 Å². The number of rotatable bonds is 7. The summed E-state index contributed by atoms with van der Waals surface area (Å²) in [6.45, 7) is 2.64. The number of carboxylic acid groups (broad SMARTS) is 3. The first-order chi connectivity index (χ1) is 14.7. The number of carbonyl (C=O) groups excluding carboxylic acids is 3. The molecule has 1 fully saturated rings. The third kappa shape index (κ3) is 9.96. The molecule has 0 radical (unpaired) electrons. The van der Waals surface area contributed by atoms with Crippen molar-refractivity contribution in [2.24, 2.45) is 0 Å². The second-order valence-corrected chi connectivity index (χ2v) is 7.22. The summed E-state index contributed by atoms with van der Waals surface area (Å²) in [5, 5.41) is 29.5. The van der Waals surface area contributed by atoms with Gasteiger partial charge in [-0.1, -0.05) is 24.3 Å². The second-order valence-electron chi connectivity index (χ2n) is 7.22. The van der Waals surface area contributed by atoms with Crippen molar-refractivity contribution in [3.05, 3.63) is 35.4 Å². The molecule has 1 atom stereocenters. The molecule has 0 aromatic heterocycles. The monoisotopic (exact) mass is 436 g/mol. The molecule has 0 bridgehead atoms. The summed E-state index contributed by atoms with van der Waals surface area (Å²) in [6.07, 6.45) is 0.737. The van der Waals surface area contributed by atoms with Crippen LogP contribution in [0.4, 0.5) is 0 Å². The Morgan fingerprint density at radius 2 is 1.55 bits per heavy atom. The Bertz CT molecular complexity index is 777. The van der Waals surface area contributed by atoms with Gasteiger partial charge in [0, 0.05) is 38.8 Å². The molecule has 1 aromatic carbocycles. The van der Waals surface area contributed by atoms with E-state index >= 15 is 0 Å². The van der Waals surface area contributed by atoms with E-state index in [1.807, 2.05) is 16.8 Å². The molecule has 0 aliphatic carbocycles. The van der Waals surface area contributed by atoms with Crippen LogP contribution in [0, 0.1) is 0 Å². The van der Waals surface area contributed by atoms with Crippen LogP contribution in [0.25, 0.3) is 0 Å². The van der Waals surface area contributed by atoms with Gasteiger partial charge < -0.3 is 25.0 Å². The number of nitrogens with zero attached hydrogens (tertiary/aromatic N) is 3. The number of hydrogen-bond acceptors (Lipinski definition) is 9. The smallest absolute Gasteiger partial charge is 0.373 e. The Kier molecular flexibility index (Phi) is 11.1. The van der Waals surface area contributed by atoms with Gasteiger partial charge in [0.15, 0.2) is 0 Å². The number of carboxylic acids is 3. The number of benzene rings is 1. The fraction of sp³-hybridized carbons (Fsp3) is 0.500. The van der Waals surface area contributed by atoms with Crippen LogP contribution in [0.5, 0.6) is 0 Å². The molecule has 11 nitrogen and oxygen atoms in total. The van der Waals surface area contributed by atoms with Crippen LogP contribution < -0.4 is 5.11 Å². The zero-order valence-electron chi connectivity index (χ0n) is 17.2. The minimum atomic E-state index is -1.25. The van der Waals surface area contributed by atoms with E-state index in [2.05, 4.69) is 4.90 Å². The van der Waals surface area contributed by atoms with E-state index in [0.29, 0.717) is 39.1 Å². The SMILES string of the molecule is CN1CCN(CC(=O)O)CC(Cc2ccc(C(=O)[O-])cc2)N(CC(=O)O)CC1.O=C=O. The van der Waals surface area contributed by atoms with E-state index in [1.165, 1.54) is 12.1 Å². The maximum Gasteiger partial charge on any atom is 0.373 e. The van der Waals surface area contributed by atoms with E-state index in [-0.39, 0.29) is 30.8 Å². The number of likely N-dealkylation sites (N-methyl/N-ethyl adjacent to an activating group) is 1. The standard InChI is InChI=1S/C19H27N3O6.CO2/c1-20-6-8-21(12-17(23)24)11-16(22(9-7-20)13-18(25)26)10-14-2-4-15(5-3-14)19(27)28;2-1-3/h2-5,16H,6-13H2,1H3,(H,23,24)(H,25,26)(H,27,28);/p-1. The summed E-state index contributed by atoms with van der Waals surface area (Å²) < 4.78 is 0. The van der Waals surface area contributed by atoms with Gasteiger partial charge in [-0.3, -0.25) is 19.4 Å². The summed E-state index contributed by atoms with van der Waals surface area (Å²) in [5.41, 5.74) is 0.933. The molecule has 2 N–H and O–H groups in total. The first-order valence-corrected chi connectivity index (χ1v) is 9.54. The lowest BCUT2D eigenvalue weighted by Crippen LogP contribution is -2.48. The third-order valence-electron chi connectivity index (χ3n) is 4.91. The number of hydrogen-bond donors (Lipinski definition) is 2. The third-order valence-corrected chi connectivity index (χ3v) is 4.91. The molecular weight excluding hydrogens is 410 g/mol. The summed E-state index contributed by atoms with van der Waals surface area (Å²) in [5.74, 6) is -3.12. The lowest BCUT2D eigenvalue weighted by molar-refractivity contribution is -0.255. The molecule has 11 heteroatoms. The molecule has 1 unspecified atom stereocenters. The largest absolute Gasteiger partial charge is 0.545 e. The molecule has 31 heavy (non-hydrogen) atoms. The van der Waals surface area contributed by atoms with Crippen molar-refractivity contribution in [2.75, 3.05) is 52.9 Å². The molecule has 170 valence electrons. The van der Waals surface area contributed by atoms with Crippen molar-refractivity contribution >= 4 is 24.1 Å². The maximum atomic E-state index is 11.4. The Hall–Kier alpha value is -3.11. The lowest BCUT2D eigenvalue weighted by atomic mass is 10.0. The van der Waals surface area contributed by atoms with Crippen molar-refractivity contribution in [1.82, 2.24) is 14.7 Å². The van der Waals surface area contributed by atoms with Crippen LogP contribution in [0.3, 0.4) is 0 Å². The molecule has 2 rings (SSSR count). The van der Waals surface area contributed by atoms with E-state index in [9.17, 15) is 29.7 Å². The van der Waals surface area contributed by atoms with Gasteiger partial charge in [-0.2, -0.15) is 9.59 Å². The Morgan fingerprint density at radius 3 is 2.06 bits per heavy atom. The molecular formula is C20H26N3O8-. The lowest BCUT2D eigenvalue weighted by Gasteiger charge is -2.33. The average molecular weight is 436 g/mol. The summed E-state index contributed by atoms with van der Waals surface area (Å²) >= 11 is 0. The van der Waals surface area contributed by atoms with Crippen LogP contribution in [0.1, 0.15) is 15.9 Å². The molecule has 0 spiro atoms. The maximum absolute atomic E-state index is 11.4. The van der Waals surface area contributed by atoms with E-state index < -0.39 is 17.9 Å². The molecule has 1 saturated heterocycles. The Balaban J connectivity index is 0.00000151. The predicted molar refractivity (Wildman–Crippen MR) is 104 cm³/mol. The fourth-order valence-corrected chi connectivity index (χ4v) is 3.37. The van der Waals surface area contributed by atoms with Crippen molar-refractivity contribution in [3.8, 4) is 0 Å². The minimum absolute atomic E-state index is 0.0785. The average Bonchev–Trinajstić information content (AvgIpc) is 2.74. The highest BCUT2D eigenvalue weighted by molar-refractivity contribution is 5.85. The van der Waals surface area contributed by atoms with Gasteiger partial charge >= 0.3 is 18.1 Å². The predicted octanol–water partition coefficient (Wildman–Crippen LogP) is -1.90. The molecule has 0 saturated carbocycles. The topological polar surface area (TPSA) is 159 Å². The highest BCUT2D eigenvalue weighted by Gasteiger charge is 2.26. The van der Waals surface area contributed by atoms with E-state index in [4.69, 9.17) is 9.59 Å². The first-order valence-electron chi connectivity index (χ1n) is 9.54. The van der Waals surface area contributed by atoms with Crippen molar-refractivity contribution < 1.29 is 39.3 Å². The number of aromatic carboxylic acids is 1. The summed E-state index contributed by atoms with van der Waals surface area (Å²) in [7, 11) is 1.93. The molecule has 1 aliphatic heterocycles. The van der Waals surface area contributed by atoms with Crippen molar-refractivity contribution in [3.63, 3.8) is 0 Å². The van der Waals surface area contributed by atoms with Crippen LogP contribution in [-0.4, -0.2) is 108 Å². The van der Waals surface area contributed by atoms with Gasteiger partial charge in [0.25, 0.3) is 0 Å². The van der Waals surface area contributed by atoms with Gasteiger partial charge in [0.05, 0.1) is 19.1 Å². The van der Waals surface area contributed by atoms with Crippen LogP contribution in [0.2, 0.25) is 0 Å². The normalized spacial score (nSPS) is 18.4. The molecule has 0 amide bonds. The second kappa shape index (κ2) is 13.2. The van der Waals surface area contributed by atoms with Crippen molar-refractivity contribution in [1.29, 1.82) is 0 Å². The highest BCUT2D eigenvalue weighted by Crippen LogP contribution is 2.14. The van der Waals surface area contributed by atoms with Gasteiger partial charge in [-0.05, 0) is 24.6 Å². The minimum Gasteiger partial charge on any atom is -0.545 e. The van der Waals surface area contributed by atoms with E-state index in [0.717, 1.165) is 5.56 Å². The van der Waals surface area contributed by atoms with Crippen molar-refractivity contribution in [2.45, 2.75) is 12.5 Å². The fourth-order valence-electron chi connectivity index (χ4n) is 3.37. The number of aliphatic carboxylic acids is 2. The van der Waals surface area contributed by atoms with Gasteiger partial charge in [0.2, 0.25) is 0 Å². The highest BCUT2D eigenvalue weighted by atomic mass is 16.4. The quantitative estimate of drug-likeness (QED) is 0.491. The first kappa shape index (κ1) is 25.9. The van der Waals surface area contributed by atoms with Gasteiger partial charge in [-0.25, -0.2) is 0 Å². The van der Waals surface area contributed by atoms with Crippen LogP contribution in [-0.2, 0) is 25.6 Å². The number of carbonyl (C=O) groups is 3. The molecule has 1 heterocycles. The Labute approximate surface area is 179 Å². The summed E-state index contributed by atoms with van der Waals surface area (Å²) in [6, 6.07) is 6.08. The summed E-state index contributed by atoms with van der Waals surface area (Å²) in [4.78, 5) is 55.5. The zero-order valence-corrected chi connectivity index (χ0v) is 17.2. The van der Waals surface area contributed by atoms with Gasteiger partial charge in [-0.15, -0.1) is 0 Å². The van der Waals surface area contributed by atoms with Gasteiger partial charge in [0.1, 0.15) is 0 Å². The molecule has 1 aliphatic rings. The Morgan fingerprint density at radius 1 is 1.00 bits per heavy atom. The van der Waals surface area contributed by atoms with Crippen LogP contribution >= 0.6 is 0 Å². The molecule has 1 aromatic rings. The zero-order chi connectivity index (χ0) is 23.4.